The molecule has 0 radical (unpaired) electrons. The normalized spacial score (nSPS) is 11.3. The van der Waals surface area contributed by atoms with E-state index in [0.29, 0.717) is 5.57 Å². The van der Waals surface area contributed by atoms with Gasteiger partial charge in [0.2, 0.25) is 0 Å². The third-order valence-electron chi connectivity index (χ3n) is 2.25. The van der Waals surface area contributed by atoms with Gasteiger partial charge < -0.3 is 5.11 Å². The average molecular weight is 250 g/mol. The number of aliphatic carboxylic acids is 1. The van der Waals surface area contributed by atoms with Crippen molar-refractivity contribution in [3.8, 4) is 0 Å². The van der Waals surface area contributed by atoms with Gasteiger partial charge in [-0.2, -0.15) is 0 Å². The van der Waals surface area contributed by atoms with E-state index in [4.69, 9.17) is 5.11 Å². The molecule has 1 aromatic carbocycles. The molecular formula is C13H14O3S. The smallest absolute Gasteiger partial charge is 0.307 e. The number of carboxylic acid groups (broad SMARTS) is 1. The minimum Gasteiger partial charge on any atom is -0.481 e. The lowest BCUT2D eigenvalue weighted by molar-refractivity contribution is -0.136. The summed E-state index contributed by atoms with van der Waals surface area (Å²) in [7, 11) is 0. The number of rotatable bonds is 5. The van der Waals surface area contributed by atoms with Gasteiger partial charge in [0.25, 0.3) is 0 Å². The van der Waals surface area contributed by atoms with Gasteiger partial charge >= 0.3 is 5.97 Å². The Kier molecular flexibility index (Phi) is 4.97. The van der Waals surface area contributed by atoms with E-state index in [1.54, 1.807) is 17.8 Å². The van der Waals surface area contributed by atoms with E-state index in [-0.39, 0.29) is 12.2 Å². The summed E-state index contributed by atoms with van der Waals surface area (Å²) in [6, 6.07) is 7.62. The van der Waals surface area contributed by atoms with Gasteiger partial charge in [0, 0.05) is 10.5 Å². The first-order chi connectivity index (χ1) is 8.02. The van der Waals surface area contributed by atoms with Crippen LogP contribution in [0.25, 0.3) is 6.08 Å². The van der Waals surface area contributed by atoms with Gasteiger partial charge in [-0.15, -0.1) is 11.8 Å². The number of hydrogen-bond acceptors (Lipinski definition) is 3. The molecule has 0 unspecified atom stereocenters. The minimum atomic E-state index is -0.993. The number of benzene rings is 1. The van der Waals surface area contributed by atoms with Gasteiger partial charge in [0.15, 0.2) is 5.78 Å². The van der Waals surface area contributed by atoms with Gasteiger partial charge in [-0.3, -0.25) is 9.59 Å². The molecule has 0 aliphatic rings. The number of ketones is 1. The summed E-state index contributed by atoms with van der Waals surface area (Å²) in [5.41, 5.74) is 1.16. The molecular weight excluding hydrogens is 236 g/mol. The summed E-state index contributed by atoms with van der Waals surface area (Å²) in [6.45, 7) is 1.38. The maximum atomic E-state index is 11.3. The van der Waals surface area contributed by atoms with E-state index in [1.807, 2.05) is 30.5 Å². The third-order valence-corrected chi connectivity index (χ3v) is 2.99. The summed E-state index contributed by atoms with van der Waals surface area (Å²) in [5.74, 6) is -1.20. The highest BCUT2D eigenvalue weighted by Crippen LogP contribution is 2.17. The van der Waals surface area contributed by atoms with E-state index in [2.05, 4.69) is 0 Å². The maximum absolute atomic E-state index is 11.3. The number of carbonyl (C=O) groups excluding carboxylic acids is 1. The largest absolute Gasteiger partial charge is 0.481 e. The van der Waals surface area contributed by atoms with Crippen LogP contribution in [0.15, 0.2) is 34.7 Å². The molecule has 0 saturated carbocycles. The molecule has 0 spiro atoms. The van der Waals surface area contributed by atoms with Crippen molar-refractivity contribution < 1.29 is 14.7 Å². The Hall–Kier alpha value is -1.55. The van der Waals surface area contributed by atoms with Gasteiger partial charge in [-0.05, 0) is 37.0 Å². The second-order valence-corrected chi connectivity index (χ2v) is 4.45. The zero-order valence-electron chi connectivity index (χ0n) is 9.77. The van der Waals surface area contributed by atoms with Crippen LogP contribution in [-0.2, 0) is 9.59 Å². The van der Waals surface area contributed by atoms with E-state index < -0.39 is 5.97 Å². The third kappa shape index (κ3) is 4.44. The molecule has 90 valence electrons. The van der Waals surface area contributed by atoms with Gasteiger partial charge in [-0.1, -0.05) is 12.1 Å². The summed E-state index contributed by atoms with van der Waals surface area (Å²) < 4.78 is 0. The van der Waals surface area contributed by atoms with E-state index in [9.17, 15) is 9.59 Å². The van der Waals surface area contributed by atoms with E-state index in [1.165, 1.54) is 6.92 Å². The Morgan fingerprint density at radius 1 is 1.29 bits per heavy atom. The molecule has 4 heteroatoms. The molecule has 0 aliphatic heterocycles. The zero-order chi connectivity index (χ0) is 12.8. The summed E-state index contributed by atoms with van der Waals surface area (Å²) in [6.07, 6.45) is 3.37. The van der Waals surface area contributed by atoms with Crippen molar-refractivity contribution in [1.82, 2.24) is 0 Å². The number of thioether (sulfide) groups is 1. The van der Waals surface area contributed by atoms with Crippen molar-refractivity contribution in [2.75, 3.05) is 6.26 Å². The molecule has 0 saturated heterocycles. The first kappa shape index (κ1) is 13.5. The van der Waals surface area contributed by atoms with Crippen LogP contribution in [0.5, 0.6) is 0 Å². The summed E-state index contributed by atoms with van der Waals surface area (Å²) in [4.78, 5) is 23.0. The van der Waals surface area contributed by atoms with Crippen LogP contribution in [0.3, 0.4) is 0 Å². The Bertz CT molecular complexity index is 446. The van der Waals surface area contributed by atoms with Gasteiger partial charge in [0.05, 0.1) is 6.42 Å². The molecule has 1 rings (SSSR count). The van der Waals surface area contributed by atoms with Crippen LogP contribution >= 0.6 is 11.8 Å². The molecule has 1 aromatic rings. The minimum absolute atomic E-state index is 0.207. The zero-order valence-corrected chi connectivity index (χ0v) is 10.6. The van der Waals surface area contributed by atoms with Crippen molar-refractivity contribution in [1.29, 1.82) is 0 Å². The van der Waals surface area contributed by atoms with Crippen molar-refractivity contribution in [3.63, 3.8) is 0 Å². The van der Waals surface area contributed by atoms with Crippen LogP contribution in [0.2, 0.25) is 0 Å². The Morgan fingerprint density at radius 3 is 2.29 bits per heavy atom. The predicted octanol–water partition coefficient (Wildman–Crippen LogP) is 2.86. The quantitative estimate of drug-likeness (QED) is 0.645. The van der Waals surface area contributed by atoms with E-state index in [0.717, 1.165) is 10.5 Å². The predicted molar refractivity (Wildman–Crippen MR) is 69.1 cm³/mol. The second-order valence-electron chi connectivity index (χ2n) is 3.57. The summed E-state index contributed by atoms with van der Waals surface area (Å²) >= 11 is 1.63. The highest BCUT2D eigenvalue weighted by Gasteiger charge is 2.08. The topological polar surface area (TPSA) is 54.4 Å². The number of carboxylic acids is 1. The lowest BCUT2D eigenvalue weighted by Crippen LogP contribution is -2.04. The van der Waals surface area contributed by atoms with E-state index >= 15 is 0 Å². The second kappa shape index (κ2) is 6.25. The lowest BCUT2D eigenvalue weighted by atomic mass is 10.1. The molecule has 0 aliphatic carbocycles. The molecule has 17 heavy (non-hydrogen) atoms. The number of hydrogen-bond donors (Lipinski definition) is 1. The number of Topliss-reactive ketones (excluding diaryl/α,β-unsaturated/α-hetero) is 1. The van der Waals surface area contributed by atoms with Gasteiger partial charge in [-0.25, -0.2) is 0 Å². The highest BCUT2D eigenvalue weighted by atomic mass is 32.2. The standard InChI is InChI=1S/C13H14O3S/c1-9(14)11(8-13(15)16)7-10-3-5-12(17-2)6-4-10/h3-7H,8H2,1-2H3,(H,15,16)/b11-7+. The first-order valence-corrected chi connectivity index (χ1v) is 6.32. The monoisotopic (exact) mass is 250 g/mol. The maximum Gasteiger partial charge on any atom is 0.307 e. The lowest BCUT2D eigenvalue weighted by Gasteiger charge is -2.01. The number of carbonyl (C=O) groups is 2. The van der Waals surface area contributed by atoms with Crippen molar-refractivity contribution in [2.24, 2.45) is 0 Å². The van der Waals surface area contributed by atoms with Crippen LogP contribution < -0.4 is 0 Å². The summed E-state index contributed by atoms with van der Waals surface area (Å²) in [5, 5.41) is 8.70. The van der Waals surface area contributed by atoms with Crippen molar-refractivity contribution >= 4 is 29.6 Å². The molecule has 0 bridgehead atoms. The van der Waals surface area contributed by atoms with Crippen molar-refractivity contribution in [2.45, 2.75) is 18.2 Å². The van der Waals surface area contributed by atoms with Crippen LogP contribution in [0, 0.1) is 0 Å². The molecule has 3 nitrogen and oxygen atoms in total. The highest BCUT2D eigenvalue weighted by molar-refractivity contribution is 7.98. The fourth-order valence-corrected chi connectivity index (χ4v) is 1.75. The molecule has 0 fully saturated rings. The Morgan fingerprint density at radius 2 is 1.88 bits per heavy atom. The van der Waals surface area contributed by atoms with Crippen LogP contribution in [-0.4, -0.2) is 23.1 Å². The van der Waals surface area contributed by atoms with Gasteiger partial charge in [0.1, 0.15) is 0 Å². The molecule has 0 amide bonds. The molecule has 0 heterocycles. The fraction of sp³-hybridized carbons (Fsp3) is 0.231. The molecule has 1 N–H and O–H groups in total. The SMILES string of the molecule is CSc1ccc(/C=C(\CC(=O)O)C(C)=O)cc1. The van der Waals surface area contributed by atoms with Crippen molar-refractivity contribution in [3.05, 3.63) is 35.4 Å². The average Bonchev–Trinajstić information content (AvgIpc) is 2.28. The fourth-order valence-electron chi connectivity index (χ4n) is 1.34. The Balaban J connectivity index is 2.95. The molecule has 0 aromatic heterocycles. The first-order valence-electron chi connectivity index (χ1n) is 5.10. The van der Waals surface area contributed by atoms with Crippen LogP contribution in [0.1, 0.15) is 18.9 Å². The molecule has 0 atom stereocenters. The Labute approximate surface area is 105 Å². The van der Waals surface area contributed by atoms with Crippen LogP contribution in [0.4, 0.5) is 0 Å².